The average molecular weight is 444 g/mol. The fourth-order valence-corrected chi connectivity index (χ4v) is 4.35. The van der Waals surface area contributed by atoms with Crippen LogP contribution in [0.3, 0.4) is 0 Å². The van der Waals surface area contributed by atoms with Gasteiger partial charge in [-0.1, -0.05) is 12.1 Å². The molecule has 2 aliphatic rings. The molecule has 1 unspecified atom stereocenters. The molecule has 1 aliphatic heterocycles. The molecule has 1 saturated heterocycles. The summed E-state index contributed by atoms with van der Waals surface area (Å²) in [6.07, 6.45) is 6.90. The summed E-state index contributed by atoms with van der Waals surface area (Å²) in [7, 11) is 1.74. The molecule has 1 atom stereocenters. The van der Waals surface area contributed by atoms with Crippen molar-refractivity contribution in [2.45, 2.75) is 18.9 Å². The van der Waals surface area contributed by atoms with Crippen molar-refractivity contribution < 1.29 is 14.2 Å². The van der Waals surface area contributed by atoms with E-state index in [4.69, 9.17) is 15.1 Å². The first-order chi connectivity index (χ1) is 16.1. The average Bonchev–Trinajstić information content (AvgIpc) is 3.28. The number of pyridine rings is 1. The number of carbonyl (C=O) groups is 1. The summed E-state index contributed by atoms with van der Waals surface area (Å²) in [4.78, 5) is 28.3. The predicted molar refractivity (Wildman–Crippen MR) is 128 cm³/mol. The van der Waals surface area contributed by atoms with Gasteiger partial charge in [-0.3, -0.25) is 9.78 Å². The zero-order chi connectivity index (χ0) is 22.8. The summed E-state index contributed by atoms with van der Waals surface area (Å²) in [6.45, 7) is 2.77. The van der Waals surface area contributed by atoms with Crippen molar-refractivity contribution in [3.8, 4) is 11.3 Å². The van der Waals surface area contributed by atoms with Gasteiger partial charge in [-0.2, -0.15) is 0 Å². The van der Waals surface area contributed by atoms with Crippen LogP contribution >= 0.6 is 0 Å². The first-order valence-corrected chi connectivity index (χ1v) is 11.0. The number of rotatable bonds is 5. The number of morpholine rings is 1. The van der Waals surface area contributed by atoms with Crippen molar-refractivity contribution >= 4 is 31.1 Å². The quantitative estimate of drug-likeness (QED) is 0.565. The lowest BCUT2D eigenvalue weighted by atomic mass is 10.0. The highest BCUT2D eigenvalue weighted by molar-refractivity contribution is 6.07. The van der Waals surface area contributed by atoms with Crippen LogP contribution in [-0.2, 0) is 22.2 Å². The van der Waals surface area contributed by atoms with Crippen LogP contribution in [-0.4, -0.2) is 61.3 Å². The molecule has 3 N–H and O–H groups in total. The lowest BCUT2D eigenvalue weighted by molar-refractivity contribution is 0.102. The van der Waals surface area contributed by atoms with Gasteiger partial charge in [0.05, 0.1) is 42.7 Å². The Morgan fingerprint density at radius 2 is 2.00 bits per heavy atom. The Kier molecular flexibility index (Phi) is 5.93. The first-order valence-electron chi connectivity index (χ1n) is 11.0. The van der Waals surface area contributed by atoms with Crippen LogP contribution in [0, 0.1) is 0 Å². The number of aromatic nitrogens is 3. The molecular weight excluding hydrogens is 419 g/mol. The van der Waals surface area contributed by atoms with E-state index in [9.17, 15) is 4.79 Å². The minimum Gasteiger partial charge on any atom is -0.441 e. The topological polar surface area (TPSA) is 115 Å². The third kappa shape index (κ3) is 4.39. The highest BCUT2D eigenvalue weighted by Gasteiger charge is 2.23. The molecule has 168 valence electrons. The zero-order valence-electron chi connectivity index (χ0n) is 18.5. The number of benzene rings is 1. The van der Waals surface area contributed by atoms with E-state index in [1.807, 2.05) is 12.1 Å². The number of amides is 1. The van der Waals surface area contributed by atoms with E-state index in [2.05, 4.69) is 37.3 Å². The third-order valence-corrected chi connectivity index (χ3v) is 6.14. The molecule has 3 aromatic rings. The Bertz CT molecular complexity index is 1180. The molecule has 9 nitrogen and oxygen atoms in total. The van der Waals surface area contributed by atoms with Crippen LogP contribution in [0.5, 0.6) is 0 Å². The Morgan fingerprint density at radius 1 is 1.18 bits per heavy atom. The van der Waals surface area contributed by atoms with Gasteiger partial charge in [0.1, 0.15) is 0 Å². The van der Waals surface area contributed by atoms with E-state index >= 15 is 0 Å². The van der Waals surface area contributed by atoms with Gasteiger partial charge in [0.25, 0.3) is 14.0 Å². The molecule has 1 fully saturated rings. The zero-order valence-corrected chi connectivity index (χ0v) is 18.5. The second kappa shape index (κ2) is 9.17. The van der Waals surface area contributed by atoms with Gasteiger partial charge < -0.3 is 25.3 Å². The number of carbonyl (C=O) groups excluding carboxylic acids is 1. The number of nitrogen functional groups attached to an aromatic ring is 1. The van der Waals surface area contributed by atoms with Gasteiger partial charge in [-0.25, -0.2) is 9.97 Å². The minimum atomic E-state index is -0.426. The van der Waals surface area contributed by atoms with Crippen LogP contribution in [0.15, 0.2) is 42.9 Å². The Balaban J connectivity index is 1.40. The minimum absolute atomic E-state index is 0.0775. The van der Waals surface area contributed by atoms with Crippen molar-refractivity contribution in [3.63, 3.8) is 0 Å². The van der Waals surface area contributed by atoms with Gasteiger partial charge >= 0.3 is 0 Å². The summed E-state index contributed by atoms with van der Waals surface area (Å²) in [5.74, 6) is -0.348. The van der Waals surface area contributed by atoms with Crippen LogP contribution in [0.25, 0.3) is 11.3 Å². The lowest BCUT2D eigenvalue weighted by Gasteiger charge is -2.30. The van der Waals surface area contributed by atoms with Crippen molar-refractivity contribution in [1.82, 2.24) is 15.0 Å². The fraction of sp³-hybridized carbons (Fsp3) is 0.304. The molecule has 2 aromatic heterocycles. The predicted octanol–water partition coefficient (Wildman–Crippen LogP) is 1.24. The number of nitrogens with one attached hydrogen (secondary N) is 1. The smallest absolute Gasteiger partial charge is 0.278 e. The van der Waals surface area contributed by atoms with Crippen LogP contribution in [0.2, 0.25) is 0 Å². The van der Waals surface area contributed by atoms with Crippen LogP contribution in [0.4, 0.5) is 17.2 Å². The van der Waals surface area contributed by atoms with E-state index < -0.39 is 5.91 Å². The van der Waals surface area contributed by atoms with Crippen molar-refractivity contribution in [3.05, 3.63) is 59.7 Å². The van der Waals surface area contributed by atoms with Gasteiger partial charge in [0.15, 0.2) is 11.5 Å². The lowest BCUT2D eigenvalue weighted by Crippen LogP contribution is -2.36. The summed E-state index contributed by atoms with van der Waals surface area (Å²) < 4.78 is 10.9. The third-order valence-electron chi connectivity index (χ3n) is 6.14. The maximum Gasteiger partial charge on any atom is 0.278 e. The van der Waals surface area contributed by atoms with Gasteiger partial charge in [-0.05, 0) is 36.1 Å². The van der Waals surface area contributed by atoms with Crippen LogP contribution < -0.4 is 16.0 Å². The molecule has 0 bridgehead atoms. The molecule has 5 rings (SSSR count). The summed E-state index contributed by atoms with van der Waals surface area (Å²) >= 11 is 0. The summed E-state index contributed by atoms with van der Waals surface area (Å²) in [5, 5.41) is 2.92. The van der Waals surface area contributed by atoms with Gasteiger partial charge in [-0.15, -0.1) is 0 Å². The molecule has 0 saturated carbocycles. The number of hydrogen-bond acceptors (Lipinski definition) is 8. The molecule has 1 aliphatic carbocycles. The Labute approximate surface area is 192 Å². The van der Waals surface area contributed by atoms with Crippen molar-refractivity contribution in [1.29, 1.82) is 0 Å². The molecule has 3 heterocycles. The highest BCUT2D eigenvalue weighted by atomic mass is 16.5. The summed E-state index contributed by atoms with van der Waals surface area (Å²) in [5.41, 5.74) is 11.6. The van der Waals surface area contributed by atoms with E-state index in [0.29, 0.717) is 24.6 Å². The van der Waals surface area contributed by atoms with Crippen molar-refractivity contribution in [2.75, 3.05) is 42.3 Å². The van der Waals surface area contributed by atoms with E-state index in [-0.39, 0.29) is 17.6 Å². The molecule has 0 spiro atoms. The van der Waals surface area contributed by atoms with E-state index in [0.717, 1.165) is 37.2 Å². The number of anilines is 3. The van der Waals surface area contributed by atoms with Crippen LogP contribution in [0.1, 0.15) is 21.6 Å². The normalized spacial score (nSPS) is 17.6. The molecule has 10 heteroatoms. The molecule has 33 heavy (non-hydrogen) atoms. The maximum absolute atomic E-state index is 13.1. The Morgan fingerprint density at radius 3 is 2.82 bits per heavy atom. The fourth-order valence-electron chi connectivity index (χ4n) is 4.35. The number of fused-ring (bicyclic) bond motifs is 1. The standard InChI is InChI=1S/C23H25BN6O3/c24-33-17-10-14-1-2-15(9-16(14)11-17)18-13-27-22(25)21(28-18)23(31)29-19-12-26-4-3-20(19)30-5-7-32-8-6-30/h1-4,9,12-13,17H,5-8,10-11,24H2,(H2,25,27)(H,29,31). The number of nitrogens with two attached hydrogens (primary N) is 1. The second-order valence-electron chi connectivity index (χ2n) is 8.18. The molecule has 1 aromatic carbocycles. The first kappa shape index (κ1) is 21.4. The number of nitrogens with zero attached hydrogens (tertiary/aromatic N) is 4. The van der Waals surface area contributed by atoms with Gasteiger partial charge in [0, 0.05) is 31.0 Å². The maximum atomic E-state index is 13.1. The number of hydrogen-bond donors (Lipinski definition) is 2. The van der Waals surface area contributed by atoms with Gasteiger partial charge in [0.2, 0.25) is 0 Å². The molecular formula is C23H25BN6O3. The SMILES string of the molecule is BOC1Cc2ccc(-c3cnc(N)c(C(=O)Nc4cnccc4N4CCOCC4)n3)cc2C1. The number of ether oxygens (including phenoxy) is 1. The van der Waals surface area contributed by atoms with Crippen molar-refractivity contribution in [2.24, 2.45) is 0 Å². The Hall–Kier alpha value is -3.50. The second-order valence-corrected chi connectivity index (χ2v) is 8.18. The molecule has 0 radical (unpaired) electrons. The van der Waals surface area contributed by atoms with E-state index in [1.165, 1.54) is 11.1 Å². The van der Waals surface area contributed by atoms with E-state index in [1.54, 1.807) is 26.6 Å². The largest absolute Gasteiger partial charge is 0.441 e. The summed E-state index contributed by atoms with van der Waals surface area (Å²) in [6, 6.07) is 8.06. The molecule has 1 amide bonds. The highest BCUT2D eigenvalue weighted by Crippen LogP contribution is 2.30. The monoisotopic (exact) mass is 444 g/mol.